The fourth-order valence-electron chi connectivity index (χ4n) is 2.21. The molecule has 0 saturated heterocycles. The molecule has 0 fully saturated rings. The molecule has 0 unspecified atom stereocenters. The quantitative estimate of drug-likeness (QED) is 0.539. The van der Waals surface area contributed by atoms with Crippen molar-refractivity contribution in [1.29, 1.82) is 0 Å². The summed E-state index contributed by atoms with van der Waals surface area (Å²) in [6.45, 7) is 4.42. The van der Waals surface area contributed by atoms with Crippen molar-refractivity contribution in [3.63, 3.8) is 0 Å². The second kappa shape index (κ2) is 4.11. The molecular weight excluding hydrogens is 287 g/mol. The van der Waals surface area contributed by atoms with E-state index in [-0.39, 0.29) is 0 Å². The number of benzene rings is 1. The molecular formula is C14H12NOY. The van der Waals surface area contributed by atoms with Gasteiger partial charge < -0.3 is 0 Å². The molecule has 2 aromatic rings. The van der Waals surface area contributed by atoms with Crippen molar-refractivity contribution < 1.29 is 33.4 Å². The minimum absolute atomic E-state index is 0.776. The van der Waals surface area contributed by atoms with Crippen molar-refractivity contribution in [3.05, 3.63) is 50.8 Å². The maximum absolute atomic E-state index is 11.7. The summed E-state index contributed by atoms with van der Waals surface area (Å²) in [6, 6.07) is 8.09. The van der Waals surface area contributed by atoms with E-state index in [9.17, 15) is 5.21 Å². The van der Waals surface area contributed by atoms with Gasteiger partial charge in [-0.15, -0.1) is 0 Å². The van der Waals surface area contributed by atoms with Crippen LogP contribution in [0.15, 0.2) is 38.4 Å². The van der Waals surface area contributed by atoms with Crippen molar-refractivity contribution >= 4 is 17.0 Å². The van der Waals surface area contributed by atoms with Gasteiger partial charge in [-0.2, -0.15) is 0 Å². The molecule has 3 rings (SSSR count). The first-order valence-corrected chi connectivity index (χ1v) is 8.52. The second-order valence-corrected chi connectivity index (χ2v) is 8.90. The SMILES string of the molecule is CC1=[C](C)[Y]=[c]2cc3ccc[n+]([O-])c3cc2=C1. The summed E-state index contributed by atoms with van der Waals surface area (Å²) in [7, 11) is 0. The average molecular weight is 299 g/mol. The number of hydrogen-bond acceptors (Lipinski definition) is 1. The van der Waals surface area contributed by atoms with Crippen LogP contribution >= 0.6 is 0 Å². The molecule has 17 heavy (non-hydrogen) atoms. The molecule has 2 nitrogen and oxygen atoms in total. The summed E-state index contributed by atoms with van der Waals surface area (Å²) < 4.78 is 4.05. The molecule has 0 amide bonds. The van der Waals surface area contributed by atoms with E-state index in [1.54, 1.807) is 8.58 Å². The van der Waals surface area contributed by atoms with Gasteiger partial charge in [-0.1, -0.05) is 0 Å². The van der Waals surface area contributed by atoms with Crippen LogP contribution in [0.3, 0.4) is 0 Å². The third-order valence-corrected chi connectivity index (χ3v) is 7.51. The molecule has 82 valence electrons. The number of aromatic nitrogens is 1. The van der Waals surface area contributed by atoms with Gasteiger partial charge in [-0.25, -0.2) is 0 Å². The van der Waals surface area contributed by atoms with Gasteiger partial charge in [0.1, 0.15) is 0 Å². The molecule has 1 aliphatic rings. The van der Waals surface area contributed by atoms with Gasteiger partial charge in [0.25, 0.3) is 0 Å². The number of hydrogen-bond donors (Lipinski definition) is 0. The van der Waals surface area contributed by atoms with Crippen LogP contribution in [0, 0.1) is 7.15 Å². The van der Waals surface area contributed by atoms with Crippen LogP contribution < -0.4 is 9.95 Å². The average Bonchev–Trinajstić information content (AvgIpc) is 2.29. The zero-order valence-electron chi connectivity index (χ0n) is 9.90. The third kappa shape index (κ3) is 1.90. The van der Waals surface area contributed by atoms with Gasteiger partial charge in [-0.3, -0.25) is 0 Å². The first-order chi connectivity index (χ1) is 8.15. The first-order valence-electron chi connectivity index (χ1n) is 5.68. The molecule has 3 heteroatoms. The van der Waals surface area contributed by atoms with E-state index >= 15 is 0 Å². The number of fused-ring (bicyclic) bond motifs is 2. The summed E-state index contributed by atoms with van der Waals surface area (Å²) in [5.41, 5.74) is 2.17. The molecule has 0 atom stereocenters. The summed E-state index contributed by atoms with van der Waals surface area (Å²) in [6.07, 6.45) is 3.78. The molecule has 0 N–H and O–H groups in total. The Morgan fingerprint density at radius 2 is 2.06 bits per heavy atom. The van der Waals surface area contributed by atoms with Gasteiger partial charge in [0.05, 0.1) is 0 Å². The molecule has 0 saturated carbocycles. The van der Waals surface area contributed by atoms with E-state index in [1.165, 1.54) is 12.7 Å². The van der Waals surface area contributed by atoms with E-state index in [0.717, 1.165) is 15.6 Å². The van der Waals surface area contributed by atoms with Crippen LogP contribution in [0.25, 0.3) is 17.0 Å². The van der Waals surface area contributed by atoms with Crippen LogP contribution in [0.2, 0.25) is 0 Å². The monoisotopic (exact) mass is 299 g/mol. The van der Waals surface area contributed by atoms with Crippen molar-refractivity contribution in [2.45, 2.75) is 13.8 Å². The first kappa shape index (κ1) is 11.2. The fraction of sp³-hybridized carbons (Fsp3) is 0.143. The summed E-state index contributed by atoms with van der Waals surface area (Å²) in [5, 5.41) is 14.0. The van der Waals surface area contributed by atoms with E-state index in [1.807, 2.05) is 18.2 Å². The number of rotatable bonds is 0. The Morgan fingerprint density at radius 3 is 2.88 bits per heavy atom. The van der Waals surface area contributed by atoms with E-state index in [2.05, 4.69) is 26.0 Å². The van der Waals surface area contributed by atoms with Crippen molar-refractivity contribution in [1.82, 2.24) is 0 Å². The number of nitrogens with zero attached hydrogens (tertiary/aromatic N) is 1. The predicted molar refractivity (Wildman–Crippen MR) is 64.2 cm³/mol. The van der Waals surface area contributed by atoms with Crippen molar-refractivity contribution in [2.75, 3.05) is 0 Å². The zero-order chi connectivity index (χ0) is 12.0. The maximum atomic E-state index is 11.7. The van der Waals surface area contributed by atoms with Crippen LogP contribution in [0.4, 0.5) is 0 Å². The summed E-state index contributed by atoms with van der Waals surface area (Å²) in [5.74, 6) is 0. The Bertz CT molecular complexity index is 775. The predicted octanol–water partition coefficient (Wildman–Crippen LogP) is 1.89. The van der Waals surface area contributed by atoms with Crippen LogP contribution in [-0.4, -0.2) is 0 Å². The normalized spacial score (nSPS) is 13.8. The van der Waals surface area contributed by atoms with Crippen LogP contribution in [0.5, 0.6) is 0 Å². The zero-order valence-corrected chi connectivity index (χ0v) is 12.7. The van der Waals surface area contributed by atoms with Crippen LogP contribution in [-0.2, 0) is 28.7 Å². The van der Waals surface area contributed by atoms with E-state index in [4.69, 9.17) is 0 Å². The third-order valence-electron chi connectivity index (χ3n) is 3.33. The summed E-state index contributed by atoms with van der Waals surface area (Å²) in [4.78, 5) is 0. The van der Waals surface area contributed by atoms with Crippen LogP contribution in [0.1, 0.15) is 13.8 Å². The topological polar surface area (TPSA) is 26.9 Å². The molecule has 0 radical (unpaired) electrons. The Morgan fingerprint density at radius 1 is 1.24 bits per heavy atom. The van der Waals surface area contributed by atoms with Gasteiger partial charge >= 0.3 is 115 Å². The molecule has 0 aliphatic carbocycles. The van der Waals surface area contributed by atoms with Gasteiger partial charge in [0, 0.05) is 0 Å². The molecule has 1 aromatic carbocycles. The summed E-state index contributed by atoms with van der Waals surface area (Å²) >= 11 is -0.814. The van der Waals surface area contributed by atoms with Crippen molar-refractivity contribution in [3.8, 4) is 0 Å². The van der Waals surface area contributed by atoms with Gasteiger partial charge in [-0.05, 0) is 0 Å². The standard InChI is InChI=1S/C14H12NO.Y/c1-3-11(2)9-12-6-7-13-5-4-8-15(16)14(13)10-12;/h4-5,7-10H,1-2H3;. The fourth-order valence-corrected chi connectivity index (χ4v) is 5.59. The molecule has 1 aromatic heterocycles. The molecule has 1 aliphatic heterocycles. The Hall–Kier alpha value is -0.856. The number of allylic oxidation sites excluding steroid dienone is 2. The number of pyridine rings is 1. The Kier molecular flexibility index (Phi) is 2.72. The van der Waals surface area contributed by atoms with Crippen molar-refractivity contribution in [2.24, 2.45) is 0 Å². The Balaban J connectivity index is 2.48. The van der Waals surface area contributed by atoms with Gasteiger partial charge in [0.15, 0.2) is 0 Å². The Labute approximate surface area is 114 Å². The molecule has 0 spiro atoms. The van der Waals surface area contributed by atoms with E-state index in [0.29, 0.717) is 0 Å². The van der Waals surface area contributed by atoms with E-state index < -0.39 is 28.7 Å². The molecule has 2 heterocycles. The minimum atomic E-state index is -0.814. The van der Waals surface area contributed by atoms with Gasteiger partial charge in [0.2, 0.25) is 0 Å². The second-order valence-electron chi connectivity index (χ2n) is 4.53. The molecule has 0 bridgehead atoms.